The van der Waals surface area contributed by atoms with E-state index >= 15 is 0 Å². The molecule has 0 aliphatic carbocycles. The van der Waals surface area contributed by atoms with Crippen LogP contribution >= 0.6 is 11.3 Å². The summed E-state index contributed by atoms with van der Waals surface area (Å²) in [6, 6.07) is 0.292. The first-order valence-corrected chi connectivity index (χ1v) is 10.4. The smallest absolute Gasteiger partial charge is 0.222 e. The maximum absolute atomic E-state index is 12.6. The fourth-order valence-corrected chi connectivity index (χ4v) is 4.97. The van der Waals surface area contributed by atoms with E-state index in [9.17, 15) is 9.59 Å². The lowest BCUT2D eigenvalue weighted by Crippen LogP contribution is -2.57. The number of carbonyl (C=O) groups excluding carboxylic acids is 2. The van der Waals surface area contributed by atoms with Crippen molar-refractivity contribution in [1.82, 2.24) is 14.8 Å². The number of hydrogen-bond donors (Lipinski definition) is 0. The lowest BCUT2D eigenvalue weighted by molar-refractivity contribution is -0.144. The monoisotopic (exact) mass is 379 g/mol. The number of methoxy groups -OCH3 is 1. The Morgan fingerprint density at radius 2 is 2.27 bits per heavy atom. The highest BCUT2D eigenvalue weighted by molar-refractivity contribution is 7.09. The topological polar surface area (TPSA) is 62.7 Å². The van der Waals surface area contributed by atoms with Crippen LogP contribution in [0.1, 0.15) is 42.7 Å². The highest BCUT2D eigenvalue weighted by atomic mass is 32.1. The Kier molecular flexibility index (Phi) is 6.64. The van der Waals surface area contributed by atoms with E-state index in [4.69, 9.17) is 4.74 Å². The summed E-state index contributed by atoms with van der Waals surface area (Å²) in [5, 5.41) is 0. The summed E-state index contributed by atoms with van der Waals surface area (Å²) in [5.41, 5.74) is 2.89. The average Bonchev–Trinajstić information content (AvgIpc) is 3.06. The normalized spacial score (nSPS) is 23.2. The molecule has 1 aromatic rings. The molecule has 2 aliphatic heterocycles. The molecule has 0 N–H and O–H groups in total. The number of amides is 2. The molecule has 2 fully saturated rings. The number of thiazole rings is 1. The van der Waals surface area contributed by atoms with Crippen LogP contribution in [0.25, 0.3) is 0 Å². The van der Waals surface area contributed by atoms with Crippen LogP contribution in [0, 0.1) is 12.8 Å². The van der Waals surface area contributed by atoms with Crippen LogP contribution in [-0.4, -0.2) is 66.0 Å². The Bertz CT molecular complexity index is 633. The number of hydrogen-bond acceptors (Lipinski definition) is 5. The zero-order valence-corrected chi connectivity index (χ0v) is 16.6. The summed E-state index contributed by atoms with van der Waals surface area (Å²) in [5.74, 6) is 0.917. The molecule has 26 heavy (non-hydrogen) atoms. The van der Waals surface area contributed by atoms with Crippen molar-refractivity contribution in [1.29, 1.82) is 0 Å². The van der Waals surface area contributed by atoms with Gasteiger partial charge in [0.25, 0.3) is 0 Å². The second-order valence-electron chi connectivity index (χ2n) is 7.29. The maximum Gasteiger partial charge on any atom is 0.222 e. The second kappa shape index (κ2) is 8.95. The van der Waals surface area contributed by atoms with Gasteiger partial charge in [-0.25, -0.2) is 4.98 Å². The number of likely N-dealkylation sites (tertiary alicyclic amines) is 2. The third-order valence-corrected chi connectivity index (χ3v) is 6.65. The highest BCUT2D eigenvalue weighted by Gasteiger charge is 2.39. The molecule has 144 valence electrons. The first-order valence-electron chi connectivity index (χ1n) is 9.55. The third-order valence-electron chi connectivity index (χ3n) is 5.65. The Morgan fingerprint density at radius 1 is 1.42 bits per heavy atom. The lowest BCUT2D eigenvalue weighted by atomic mass is 9.83. The van der Waals surface area contributed by atoms with E-state index in [1.54, 1.807) is 18.4 Å². The first-order chi connectivity index (χ1) is 12.6. The van der Waals surface area contributed by atoms with Crippen molar-refractivity contribution < 1.29 is 14.3 Å². The number of piperidine rings is 2. The predicted molar refractivity (Wildman–Crippen MR) is 101 cm³/mol. The summed E-state index contributed by atoms with van der Waals surface area (Å²) in [6.07, 6.45) is 4.62. The Hall–Kier alpha value is -1.47. The van der Waals surface area contributed by atoms with Gasteiger partial charge in [0.1, 0.15) is 0 Å². The molecule has 2 unspecified atom stereocenters. The molecule has 2 amide bonds. The number of aryl methyl sites for hydroxylation is 2. The third kappa shape index (κ3) is 4.43. The van der Waals surface area contributed by atoms with Gasteiger partial charge in [0.2, 0.25) is 11.8 Å². The molecule has 1 aromatic heterocycles. The Morgan fingerprint density at radius 3 is 3.00 bits per heavy atom. The van der Waals surface area contributed by atoms with Crippen molar-refractivity contribution in [3.05, 3.63) is 16.1 Å². The van der Waals surface area contributed by atoms with Crippen molar-refractivity contribution in [3.63, 3.8) is 0 Å². The molecular weight excluding hydrogens is 350 g/mol. The predicted octanol–water partition coefficient (Wildman–Crippen LogP) is 2.26. The van der Waals surface area contributed by atoms with Gasteiger partial charge in [0, 0.05) is 57.1 Å². The van der Waals surface area contributed by atoms with E-state index in [2.05, 4.69) is 9.88 Å². The van der Waals surface area contributed by atoms with E-state index in [0.29, 0.717) is 31.4 Å². The van der Waals surface area contributed by atoms with Gasteiger partial charge < -0.3 is 14.5 Å². The van der Waals surface area contributed by atoms with Crippen molar-refractivity contribution in [3.8, 4) is 0 Å². The number of ether oxygens (including phenoxy) is 1. The molecule has 3 heterocycles. The van der Waals surface area contributed by atoms with Gasteiger partial charge in [-0.2, -0.15) is 0 Å². The molecule has 2 saturated heterocycles. The van der Waals surface area contributed by atoms with Gasteiger partial charge in [-0.15, -0.1) is 11.3 Å². The molecule has 0 spiro atoms. The SMILES string of the molecule is COCCCN1C(=O)CCC2CN(C(=O)CCc3scnc3C)CCC21. The second-order valence-corrected chi connectivity index (χ2v) is 8.23. The fourth-order valence-electron chi connectivity index (χ4n) is 4.19. The minimum atomic E-state index is 0.235. The summed E-state index contributed by atoms with van der Waals surface area (Å²) >= 11 is 1.63. The van der Waals surface area contributed by atoms with E-state index in [-0.39, 0.29) is 11.8 Å². The maximum atomic E-state index is 12.6. The van der Waals surface area contributed by atoms with Crippen molar-refractivity contribution in [2.75, 3.05) is 33.4 Å². The zero-order chi connectivity index (χ0) is 18.5. The zero-order valence-electron chi connectivity index (χ0n) is 15.8. The van der Waals surface area contributed by atoms with Crippen LogP contribution in [0.15, 0.2) is 5.51 Å². The van der Waals surface area contributed by atoms with E-state index in [0.717, 1.165) is 51.0 Å². The number of carbonyl (C=O) groups is 2. The molecule has 2 aliphatic rings. The fraction of sp³-hybridized carbons (Fsp3) is 0.737. The molecule has 3 rings (SSSR count). The summed E-state index contributed by atoms with van der Waals surface area (Å²) in [6.45, 7) is 5.00. The highest BCUT2D eigenvalue weighted by Crippen LogP contribution is 2.31. The molecular formula is C19H29N3O3S. The Labute approximate surface area is 159 Å². The number of fused-ring (bicyclic) bond motifs is 1. The number of nitrogens with zero attached hydrogens (tertiary/aromatic N) is 3. The van der Waals surface area contributed by atoms with Gasteiger partial charge in [-0.1, -0.05) is 0 Å². The van der Waals surface area contributed by atoms with Gasteiger partial charge in [-0.05, 0) is 38.5 Å². The van der Waals surface area contributed by atoms with Crippen molar-refractivity contribution in [2.45, 2.75) is 51.5 Å². The summed E-state index contributed by atoms with van der Waals surface area (Å²) < 4.78 is 5.12. The first kappa shape index (κ1) is 19.3. The van der Waals surface area contributed by atoms with Crippen molar-refractivity contribution >= 4 is 23.2 Å². The van der Waals surface area contributed by atoms with Crippen LogP contribution in [0.2, 0.25) is 0 Å². The van der Waals surface area contributed by atoms with E-state index in [1.807, 2.05) is 17.3 Å². The molecule has 7 heteroatoms. The molecule has 2 atom stereocenters. The van der Waals surface area contributed by atoms with Crippen LogP contribution in [-0.2, 0) is 20.7 Å². The summed E-state index contributed by atoms with van der Waals surface area (Å²) in [7, 11) is 1.69. The van der Waals surface area contributed by atoms with Gasteiger partial charge in [0.05, 0.1) is 11.2 Å². The standard InChI is InChI=1S/C19H29N3O3S/c1-14-17(26-13-20-14)5-7-18(23)21-10-8-16-15(12-21)4-6-19(24)22(16)9-3-11-25-2/h13,15-16H,3-12H2,1-2H3. The molecule has 0 bridgehead atoms. The van der Waals surface area contributed by atoms with Crippen molar-refractivity contribution in [2.24, 2.45) is 5.92 Å². The van der Waals surface area contributed by atoms with Gasteiger partial charge in [0.15, 0.2) is 0 Å². The van der Waals surface area contributed by atoms with E-state index < -0.39 is 0 Å². The number of rotatable bonds is 7. The molecule has 0 radical (unpaired) electrons. The number of aromatic nitrogens is 1. The van der Waals surface area contributed by atoms with Crippen LogP contribution in [0.3, 0.4) is 0 Å². The minimum absolute atomic E-state index is 0.235. The Balaban J connectivity index is 1.53. The molecule has 6 nitrogen and oxygen atoms in total. The largest absolute Gasteiger partial charge is 0.385 e. The lowest BCUT2D eigenvalue weighted by Gasteiger charge is -2.47. The summed E-state index contributed by atoms with van der Waals surface area (Å²) in [4.78, 5) is 34.5. The quantitative estimate of drug-likeness (QED) is 0.682. The minimum Gasteiger partial charge on any atom is -0.385 e. The molecule has 0 aromatic carbocycles. The van der Waals surface area contributed by atoms with Gasteiger partial charge >= 0.3 is 0 Å². The van der Waals surface area contributed by atoms with Crippen LogP contribution in [0.4, 0.5) is 0 Å². The van der Waals surface area contributed by atoms with Crippen LogP contribution in [0.5, 0.6) is 0 Å². The van der Waals surface area contributed by atoms with Crippen LogP contribution < -0.4 is 0 Å². The van der Waals surface area contributed by atoms with Gasteiger partial charge in [-0.3, -0.25) is 9.59 Å². The average molecular weight is 380 g/mol. The molecule has 0 saturated carbocycles. The van der Waals surface area contributed by atoms with E-state index in [1.165, 1.54) is 4.88 Å².